The molecule has 0 radical (unpaired) electrons. The molecule has 0 spiro atoms. The van der Waals surface area contributed by atoms with Crippen molar-refractivity contribution in [2.24, 2.45) is 0 Å². The Morgan fingerprint density at radius 3 is 2.57 bits per heavy atom. The molecule has 2 amide bonds. The average molecular weight is 307 g/mol. The minimum Gasteiger partial charge on any atom is -0.354 e. The van der Waals surface area contributed by atoms with Crippen molar-refractivity contribution < 1.29 is 9.32 Å². The van der Waals surface area contributed by atoms with Crippen molar-refractivity contribution in [3.05, 3.63) is 65.7 Å². The van der Waals surface area contributed by atoms with Gasteiger partial charge in [-0.2, -0.15) is 0 Å². The fourth-order valence-corrected chi connectivity index (χ4v) is 2.21. The van der Waals surface area contributed by atoms with Crippen LogP contribution >= 0.6 is 0 Å². The number of rotatable bonds is 3. The van der Waals surface area contributed by atoms with Crippen LogP contribution in [0, 0.1) is 13.8 Å². The Kier molecular flexibility index (Phi) is 4.10. The van der Waals surface area contributed by atoms with Crippen molar-refractivity contribution in [3.63, 3.8) is 0 Å². The zero-order valence-corrected chi connectivity index (χ0v) is 13.0. The zero-order valence-electron chi connectivity index (χ0n) is 13.0. The van der Waals surface area contributed by atoms with E-state index in [2.05, 4.69) is 15.8 Å². The van der Waals surface area contributed by atoms with Gasteiger partial charge in [0, 0.05) is 17.3 Å². The highest BCUT2D eigenvalue weighted by Crippen LogP contribution is 2.22. The molecule has 0 atom stereocenters. The van der Waals surface area contributed by atoms with Gasteiger partial charge in [-0.3, -0.25) is 5.32 Å². The number of hydrogen-bond acceptors (Lipinski definition) is 3. The van der Waals surface area contributed by atoms with E-state index in [0.717, 1.165) is 22.4 Å². The third kappa shape index (κ3) is 3.58. The molecular formula is C18H17N3O2. The molecule has 0 aliphatic heterocycles. The van der Waals surface area contributed by atoms with E-state index in [0.29, 0.717) is 11.6 Å². The molecule has 2 N–H and O–H groups in total. The van der Waals surface area contributed by atoms with Gasteiger partial charge in [-0.25, -0.2) is 4.79 Å². The molecule has 116 valence electrons. The summed E-state index contributed by atoms with van der Waals surface area (Å²) in [6.45, 7) is 3.92. The quantitative estimate of drug-likeness (QED) is 0.743. The van der Waals surface area contributed by atoms with E-state index in [1.54, 1.807) is 6.07 Å². The summed E-state index contributed by atoms with van der Waals surface area (Å²) in [5.41, 5.74) is 3.76. The number of aryl methyl sites for hydroxylation is 2. The van der Waals surface area contributed by atoms with Gasteiger partial charge in [0.25, 0.3) is 0 Å². The number of nitrogens with zero attached hydrogens (tertiary/aromatic N) is 1. The Bertz CT molecular complexity index is 825. The molecule has 2 aromatic carbocycles. The van der Waals surface area contributed by atoms with Gasteiger partial charge in [-0.05, 0) is 31.0 Å². The predicted molar refractivity (Wildman–Crippen MR) is 90.5 cm³/mol. The van der Waals surface area contributed by atoms with Crippen LogP contribution in [-0.4, -0.2) is 11.2 Å². The third-order valence-corrected chi connectivity index (χ3v) is 3.45. The van der Waals surface area contributed by atoms with Crippen LogP contribution in [0.2, 0.25) is 0 Å². The van der Waals surface area contributed by atoms with Crippen LogP contribution in [0.4, 0.5) is 16.3 Å². The van der Waals surface area contributed by atoms with E-state index >= 15 is 0 Å². The van der Waals surface area contributed by atoms with Crippen LogP contribution in [0.5, 0.6) is 0 Å². The van der Waals surface area contributed by atoms with E-state index < -0.39 is 0 Å². The van der Waals surface area contributed by atoms with Gasteiger partial charge in [-0.1, -0.05) is 47.6 Å². The number of anilines is 2. The lowest BCUT2D eigenvalue weighted by Crippen LogP contribution is -2.20. The molecule has 0 saturated heterocycles. The summed E-state index contributed by atoms with van der Waals surface area (Å²) in [5.74, 6) is 0.972. The molecule has 5 heteroatoms. The maximum absolute atomic E-state index is 12.1. The maximum Gasteiger partial charge on any atom is 0.324 e. The summed E-state index contributed by atoms with van der Waals surface area (Å²) in [4.78, 5) is 12.1. The fourth-order valence-electron chi connectivity index (χ4n) is 2.21. The molecule has 0 unspecified atom stereocenters. The van der Waals surface area contributed by atoms with Crippen molar-refractivity contribution in [2.45, 2.75) is 13.8 Å². The second-order valence-corrected chi connectivity index (χ2v) is 5.34. The van der Waals surface area contributed by atoms with Gasteiger partial charge < -0.3 is 9.84 Å². The largest absolute Gasteiger partial charge is 0.354 e. The molecule has 23 heavy (non-hydrogen) atoms. The number of aromatic nitrogens is 1. The number of amides is 2. The van der Waals surface area contributed by atoms with Crippen molar-refractivity contribution >= 4 is 17.5 Å². The molecule has 0 aliphatic rings. The monoisotopic (exact) mass is 307 g/mol. The first-order chi connectivity index (χ1) is 11.1. The topological polar surface area (TPSA) is 67.2 Å². The molecule has 0 fully saturated rings. The van der Waals surface area contributed by atoms with Crippen LogP contribution in [0.15, 0.2) is 59.1 Å². The summed E-state index contributed by atoms with van der Waals surface area (Å²) in [5, 5.41) is 9.36. The molecule has 1 aromatic heterocycles. The van der Waals surface area contributed by atoms with Gasteiger partial charge in [0.05, 0.1) is 0 Å². The van der Waals surface area contributed by atoms with Crippen LogP contribution in [0.25, 0.3) is 11.3 Å². The predicted octanol–water partition coefficient (Wildman–Crippen LogP) is 4.60. The number of carbonyl (C=O) groups is 1. The van der Waals surface area contributed by atoms with Crippen LogP contribution in [0.1, 0.15) is 11.1 Å². The fraction of sp³-hybridized carbons (Fsp3) is 0.111. The third-order valence-electron chi connectivity index (χ3n) is 3.45. The van der Waals surface area contributed by atoms with Gasteiger partial charge in [-0.15, -0.1) is 0 Å². The summed E-state index contributed by atoms with van der Waals surface area (Å²) < 4.78 is 5.25. The van der Waals surface area contributed by atoms with Gasteiger partial charge in [0.1, 0.15) is 0 Å². The van der Waals surface area contributed by atoms with Crippen LogP contribution in [0.3, 0.4) is 0 Å². The lowest BCUT2D eigenvalue weighted by molar-refractivity contribution is 0.262. The molecular weight excluding hydrogens is 290 g/mol. The highest BCUT2D eigenvalue weighted by Gasteiger charge is 2.10. The molecule has 1 heterocycles. The molecule has 3 aromatic rings. The highest BCUT2D eigenvalue weighted by atomic mass is 16.5. The molecule has 0 bridgehead atoms. The first-order valence-electron chi connectivity index (χ1n) is 7.29. The highest BCUT2D eigenvalue weighted by molar-refractivity contribution is 5.99. The Morgan fingerprint density at radius 1 is 1.00 bits per heavy atom. The van der Waals surface area contributed by atoms with E-state index in [9.17, 15) is 4.79 Å². The van der Waals surface area contributed by atoms with Crippen molar-refractivity contribution in [3.8, 4) is 11.3 Å². The second-order valence-electron chi connectivity index (χ2n) is 5.34. The van der Waals surface area contributed by atoms with E-state index in [4.69, 9.17) is 4.52 Å². The minimum absolute atomic E-state index is 0.355. The zero-order chi connectivity index (χ0) is 16.2. The minimum atomic E-state index is -0.355. The Morgan fingerprint density at radius 2 is 1.78 bits per heavy atom. The van der Waals surface area contributed by atoms with E-state index in [1.807, 2.05) is 62.4 Å². The molecule has 0 saturated carbocycles. The van der Waals surface area contributed by atoms with Gasteiger partial charge in [0.15, 0.2) is 11.6 Å². The lowest BCUT2D eigenvalue weighted by atomic mass is 10.1. The van der Waals surface area contributed by atoms with Gasteiger partial charge >= 0.3 is 6.03 Å². The Labute approximate surface area is 134 Å². The standard InChI is InChI=1S/C18H17N3O2/c1-12-8-9-13(2)15(10-12)19-18(22)20-17-11-16(23-21-17)14-6-4-3-5-7-14/h3-11H,1-2H3,(H2,19,20,21,22). The molecule has 0 aliphatic carbocycles. The van der Waals surface area contributed by atoms with Gasteiger partial charge in [0.2, 0.25) is 0 Å². The SMILES string of the molecule is Cc1ccc(C)c(NC(=O)Nc2cc(-c3ccccc3)on2)c1. The lowest BCUT2D eigenvalue weighted by Gasteiger charge is -2.09. The summed E-state index contributed by atoms with van der Waals surface area (Å²) in [6, 6.07) is 16.8. The van der Waals surface area contributed by atoms with Crippen molar-refractivity contribution in [1.82, 2.24) is 5.16 Å². The number of carbonyl (C=O) groups excluding carboxylic acids is 1. The van der Waals surface area contributed by atoms with Crippen LogP contribution in [-0.2, 0) is 0 Å². The maximum atomic E-state index is 12.1. The first-order valence-corrected chi connectivity index (χ1v) is 7.29. The summed E-state index contributed by atoms with van der Waals surface area (Å²) >= 11 is 0. The average Bonchev–Trinajstić information content (AvgIpc) is 3.00. The number of urea groups is 1. The van der Waals surface area contributed by atoms with Crippen molar-refractivity contribution in [2.75, 3.05) is 10.6 Å². The number of nitrogens with one attached hydrogen (secondary N) is 2. The van der Waals surface area contributed by atoms with E-state index in [1.165, 1.54) is 0 Å². The smallest absolute Gasteiger partial charge is 0.324 e. The summed E-state index contributed by atoms with van der Waals surface area (Å²) in [7, 11) is 0. The number of hydrogen-bond donors (Lipinski definition) is 2. The van der Waals surface area contributed by atoms with Crippen molar-refractivity contribution in [1.29, 1.82) is 0 Å². The van der Waals surface area contributed by atoms with Crippen LogP contribution < -0.4 is 10.6 Å². The normalized spacial score (nSPS) is 10.3. The Balaban J connectivity index is 1.69. The molecule has 3 rings (SSSR count). The second kappa shape index (κ2) is 6.36. The summed E-state index contributed by atoms with van der Waals surface area (Å²) in [6.07, 6.45) is 0. The Hall–Kier alpha value is -3.08. The van der Waals surface area contributed by atoms with E-state index in [-0.39, 0.29) is 6.03 Å². The number of benzene rings is 2. The molecule has 5 nitrogen and oxygen atoms in total. The first kappa shape index (κ1) is 14.8.